The van der Waals surface area contributed by atoms with Gasteiger partial charge in [0.05, 0.1) is 12.4 Å². The Morgan fingerprint density at radius 2 is 1.14 bits per heavy atom. The summed E-state index contributed by atoms with van der Waals surface area (Å²) in [5, 5.41) is 4.91. The minimum absolute atomic E-state index is 0.0110. The zero-order valence-electron chi connectivity index (χ0n) is 31.2. The largest absolute Gasteiger partial charge is 0.484 e. The zero-order valence-corrected chi connectivity index (χ0v) is 32.1. The van der Waals surface area contributed by atoms with Crippen LogP contribution in [-0.4, -0.2) is 86.3 Å². The molecule has 0 aliphatic carbocycles. The van der Waals surface area contributed by atoms with E-state index < -0.39 is 61.7 Å². The summed E-state index contributed by atoms with van der Waals surface area (Å²) in [5.74, 6) is -2.50. The molecule has 5 aromatic carbocycles. The van der Waals surface area contributed by atoms with Crippen LogP contribution in [0.3, 0.4) is 0 Å². The Morgan fingerprint density at radius 1 is 0.679 bits per heavy atom. The van der Waals surface area contributed by atoms with Gasteiger partial charge in [-0.1, -0.05) is 140 Å². The number of carbonyl (C=O) groups is 4. The van der Waals surface area contributed by atoms with Crippen LogP contribution in [0.25, 0.3) is 0 Å². The van der Waals surface area contributed by atoms with Crippen molar-refractivity contribution in [2.45, 2.75) is 31.0 Å². The van der Waals surface area contributed by atoms with Gasteiger partial charge in [-0.3, -0.25) is 9.59 Å². The number of carbonyl (C=O) groups excluding carboxylic acids is 4. The van der Waals surface area contributed by atoms with Crippen molar-refractivity contribution >= 4 is 51.8 Å². The molecule has 1 fully saturated rings. The van der Waals surface area contributed by atoms with Gasteiger partial charge in [0.2, 0.25) is 5.91 Å². The van der Waals surface area contributed by atoms with Crippen LogP contribution in [0.4, 0.5) is 0 Å². The summed E-state index contributed by atoms with van der Waals surface area (Å²) in [6, 6.07) is 42.0. The Morgan fingerprint density at radius 3 is 1.61 bits per heavy atom. The number of β-lactam (4-membered cyclic amide) rings is 1. The van der Waals surface area contributed by atoms with E-state index in [9.17, 15) is 14.4 Å². The fourth-order valence-electron chi connectivity index (χ4n) is 7.04. The molecule has 1 N–H and O–H groups in total. The number of esters is 2. The lowest BCUT2D eigenvalue weighted by Gasteiger charge is -2.52. The number of likely N-dealkylation sites (tertiary alicyclic amines) is 1. The normalized spacial score (nSPS) is 15.6. The monoisotopic (exact) mass is 774 g/mol. The first-order valence-electron chi connectivity index (χ1n) is 17.9. The van der Waals surface area contributed by atoms with Crippen molar-refractivity contribution in [2.75, 3.05) is 27.9 Å². The van der Waals surface area contributed by atoms with Gasteiger partial charge in [-0.05, 0) is 40.5 Å². The summed E-state index contributed by atoms with van der Waals surface area (Å²) in [6.07, 6.45) is -1.16. The number of hydrogen-bond acceptors (Lipinski definition) is 9. The van der Waals surface area contributed by atoms with Crippen molar-refractivity contribution < 1.29 is 42.9 Å². The van der Waals surface area contributed by atoms with Crippen molar-refractivity contribution in [3.8, 4) is 5.75 Å². The van der Waals surface area contributed by atoms with Crippen molar-refractivity contribution in [3.63, 3.8) is 0 Å². The number of para-hydroxylation sites is 1. The fourth-order valence-corrected chi connectivity index (χ4v) is 11.6. The highest BCUT2D eigenvalue weighted by Crippen LogP contribution is 2.49. The van der Waals surface area contributed by atoms with Gasteiger partial charge >= 0.3 is 11.9 Å². The van der Waals surface area contributed by atoms with Crippen LogP contribution in [0.5, 0.6) is 5.75 Å². The van der Waals surface area contributed by atoms with Crippen molar-refractivity contribution in [1.82, 2.24) is 10.2 Å². The summed E-state index contributed by atoms with van der Waals surface area (Å²) < 4.78 is 28.7. The fraction of sp³-hybridized carbons (Fsp3) is 0.205. The van der Waals surface area contributed by atoms with E-state index in [0.717, 1.165) is 15.9 Å². The Hall–Kier alpha value is -6.00. The van der Waals surface area contributed by atoms with Gasteiger partial charge in [0.15, 0.2) is 18.9 Å². The molecule has 5 aromatic rings. The lowest BCUT2D eigenvalue weighted by Crippen LogP contribution is -2.79. The van der Waals surface area contributed by atoms with E-state index in [2.05, 4.69) is 5.32 Å². The lowest BCUT2D eigenvalue weighted by molar-refractivity contribution is -0.201. The summed E-state index contributed by atoms with van der Waals surface area (Å²) in [7, 11) is 4.01. The van der Waals surface area contributed by atoms with Crippen molar-refractivity contribution in [1.29, 1.82) is 0 Å². The van der Waals surface area contributed by atoms with E-state index in [1.54, 1.807) is 36.4 Å². The highest BCUT2D eigenvalue weighted by Gasteiger charge is 2.60. The topological polar surface area (TPSA) is 130 Å². The predicted molar refractivity (Wildman–Crippen MR) is 215 cm³/mol. The number of methoxy groups -OCH3 is 3. The molecule has 6 rings (SSSR count). The van der Waals surface area contributed by atoms with Gasteiger partial charge in [0, 0.05) is 14.2 Å². The summed E-state index contributed by atoms with van der Waals surface area (Å²) in [5.41, 5.74) is 0.691. The van der Waals surface area contributed by atoms with Crippen molar-refractivity contribution in [2.24, 2.45) is 0 Å². The standard InChI is InChI=1S/C44H43N2O9P/c1-51-43(50)40(56(33-23-13-6-14-24-33,34-25-15-7-16-26-34)35-27-17-8-18-28-35)39(42(49)55-29-31-19-9-4-10-20-31)46-38(44(52-2)53-3)37(41(46)48)45-36(47)30-54-32-21-11-5-12-22-32/h4-28,37-39,44H,29-30H2,1-3H3,(H,45,47). The third kappa shape index (κ3) is 8.16. The molecule has 0 radical (unpaired) electrons. The summed E-state index contributed by atoms with van der Waals surface area (Å²) in [4.78, 5) is 59.1. The maximum Gasteiger partial charge on any atom is 0.337 e. The van der Waals surface area contributed by atoms with Crippen LogP contribution in [0.2, 0.25) is 0 Å². The molecule has 1 aliphatic heterocycles. The molecule has 11 nitrogen and oxygen atoms in total. The Balaban J connectivity index is 1.59. The SMILES string of the molecule is COC(=O)C(C(C(=O)OCc1ccccc1)N1C(=O)C(NC(=O)COc2ccccc2)C1C(OC)OC)=P(c1ccccc1)(c1ccccc1)c1ccccc1. The third-order valence-corrected chi connectivity index (χ3v) is 13.9. The van der Waals surface area contributed by atoms with Crippen LogP contribution >= 0.6 is 6.89 Å². The highest BCUT2D eigenvalue weighted by atomic mass is 31.2. The second-order valence-electron chi connectivity index (χ2n) is 12.8. The number of hydrogen-bond donors (Lipinski definition) is 1. The van der Waals surface area contributed by atoms with E-state index in [1.807, 2.05) is 115 Å². The van der Waals surface area contributed by atoms with E-state index >= 15 is 4.79 Å². The first-order chi connectivity index (χ1) is 27.3. The average molecular weight is 775 g/mol. The van der Waals surface area contributed by atoms with Crippen LogP contribution in [0, 0.1) is 0 Å². The zero-order chi connectivity index (χ0) is 39.5. The molecule has 12 heteroatoms. The predicted octanol–water partition coefficient (Wildman–Crippen LogP) is 3.83. The molecule has 1 aliphatic rings. The van der Waals surface area contributed by atoms with Crippen LogP contribution in [0.1, 0.15) is 5.56 Å². The van der Waals surface area contributed by atoms with Crippen molar-refractivity contribution in [3.05, 3.63) is 157 Å². The Labute approximate surface area is 326 Å². The molecule has 1 heterocycles. The molecule has 0 bridgehead atoms. The van der Waals surface area contributed by atoms with Crippen LogP contribution in [0.15, 0.2) is 152 Å². The molecular formula is C44H43N2O9P. The average Bonchev–Trinajstić information content (AvgIpc) is 3.26. The molecule has 3 atom stereocenters. The Kier molecular flexibility index (Phi) is 13.2. The molecule has 2 amide bonds. The summed E-state index contributed by atoms with van der Waals surface area (Å²) in [6.45, 7) is -3.95. The molecule has 0 saturated carbocycles. The number of nitrogens with zero attached hydrogens (tertiary/aromatic N) is 1. The minimum Gasteiger partial charge on any atom is -0.484 e. The summed E-state index contributed by atoms with van der Waals surface area (Å²) >= 11 is 0. The quantitative estimate of drug-likeness (QED) is 0.0689. The van der Waals surface area contributed by atoms with Gasteiger partial charge in [0.1, 0.15) is 24.4 Å². The van der Waals surface area contributed by atoms with Gasteiger partial charge < -0.3 is 33.9 Å². The van der Waals surface area contributed by atoms with Crippen LogP contribution in [-0.2, 0) is 44.7 Å². The third-order valence-electron chi connectivity index (χ3n) is 9.53. The second-order valence-corrected chi connectivity index (χ2v) is 16.1. The molecule has 3 unspecified atom stereocenters. The molecular weight excluding hydrogens is 731 g/mol. The highest BCUT2D eigenvalue weighted by molar-refractivity contribution is 7.96. The first-order valence-corrected chi connectivity index (χ1v) is 19.7. The maximum atomic E-state index is 15.0. The van der Waals surface area contributed by atoms with E-state index in [4.69, 9.17) is 23.7 Å². The van der Waals surface area contributed by atoms with Gasteiger partial charge in [-0.2, -0.15) is 0 Å². The molecule has 1 saturated heterocycles. The van der Waals surface area contributed by atoms with Gasteiger partial charge in [0.25, 0.3) is 5.91 Å². The minimum atomic E-state index is -3.41. The van der Waals surface area contributed by atoms with Gasteiger partial charge in [-0.15, -0.1) is 0 Å². The van der Waals surface area contributed by atoms with E-state index in [0.29, 0.717) is 11.3 Å². The number of benzene rings is 5. The molecule has 0 spiro atoms. The second kappa shape index (κ2) is 18.6. The van der Waals surface area contributed by atoms with E-state index in [-0.39, 0.29) is 11.9 Å². The van der Waals surface area contributed by atoms with Gasteiger partial charge in [-0.25, -0.2) is 9.59 Å². The first kappa shape index (κ1) is 39.7. The molecule has 56 heavy (non-hydrogen) atoms. The molecule has 0 aromatic heterocycles. The van der Waals surface area contributed by atoms with E-state index in [1.165, 1.54) is 26.2 Å². The number of ether oxygens (including phenoxy) is 5. The number of rotatable bonds is 16. The lowest BCUT2D eigenvalue weighted by atomic mass is 9.90. The smallest absolute Gasteiger partial charge is 0.337 e. The van der Waals surface area contributed by atoms with Crippen LogP contribution < -0.4 is 26.0 Å². The number of amides is 2. The Bertz CT molecular complexity index is 2050. The molecule has 288 valence electrons. The maximum absolute atomic E-state index is 15.0. The number of nitrogens with one attached hydrogen (secondary N) is 1.